The largest absolute Gasteiger partial charge is 0.379 e. The van der Waals surface area contributed by atoms with Gasteiger partial charge in [-0.1, -0.05) is 12.1 Å². The Hall–Kier alpha value is -3.34. The average Bonchev–Trinajstić information content (AvgIpc) is 3.41. The first-order chi connectivity index (χ1) is 16.3. The first-order valence-electron chi connectivity index (χ1n) is 11.0. The molecule has 0 atom stereocenters. The minimum atomic E-state index is -3.57. The van der Waals surface area contributed by atoms with Gasteiger partial charge in [0.25, 0.3) is 0 Å². The second-order valence-corrected chi connectivity index (χ2v) is 10.3. The summed E-state index contributed by atoms with van der Waals surface area (Å²) in [5, 5.41) is 4.99. The fourth-order valence-corrected chi connectivity index (χ4v) is 5.76. The topological polar surface area (TPSA) is 110 Å². The van der Waals surface area contributed by atoms with Crippen molar-refractivity contribution >= 4 is 26.8 Å². The van der Waals surface area contributed by atoms with Crippen LogP contribution in [0.3, 0.4) is 0 Å². The van der Waals surface area contributed by atoms with Crippen LogP contribution in [0, 0.1) is 6.92 Å². The molecule has 0 unspecified atom stereocenters. The Morgan fingerprint density at radius 2 is 1.94 bits per heavy atom. The van der Waals surface area contributed by atoms with Crippen LogP contribution in [0.1, 0.15) is 32.9 Å². The second kappa shape index (κ2) is 8.79. The third-order valence-corrected chi connectivity index (χ3v) is 7.88. The second-order valence-electron chi connectivity index (χ2n) is 8.41. The number of hydrogen-bond donors (Lipinski definition) is 1. The number of nitrogens with one attached hydrogen (secondary N) is 1. The molecule has 0 radical (unpaired) electrons. The summed E-state index contributed by atoms with van der Waals surface area (Å²) in [6, 6.07) is 10.7. The van der Waals surface area contributed by atoms with E-state index in [9.17, 15) is 13.2 Å². The first-order valence-corrected chi connectivity index (χ1v) is 12.4. The first kappa shape index (κ1) is 22.5. The van der Waals surface area contributed by atoms with Gasteiger partial charge in [-0.05, 0) is 48.7 Å². The highest BCUT2D eigenvalue weighted by Crippen LogP contribution is 2.24. The molecule has 0 spiro atoms. The Bertz CT molecular complexity index is 1480. The molecular formula is C24H25N5O4S. The van der Waals surface area contributed by atoms with E-state index in [1.165, 1.54) is 4.31 Å². The lowest BCUT2D eigenvalue weighted by Crippen LogP contribution is -2.40. The van der Waals surface area contributed by atoms with Gasteiger partial charge in [0.05, 0.1) is 29.4 Å². The summed E-state index contributed by atoms with van der Waals surface area (Å²) in [6.45, 7) is 3.36. The Balaban J connectivity index is 1.44. The van der Waals surface area contributed by atoms with E-state index in [4.69, 9.17) is 4.74 Å². The number of ether oxygens (including phenoxy) is 1. The van der Waals surface area contributed by atoms with E-state index in [0.29, 0.717) is 49.6 Å². The molecule has 0 amide bonds. The van der Waals surface area contributed by atoms with Crippen molar-refractivity contribution in [1.29, 1.82) is 0 Å². The quantitative estimate of drug-likeness (QED) is 0.426. The van der Waals surface area contributed by atoms with Gasteiger partial charge in [-0.2, -0.15) is 9.40 Å². The number of hydrogen-bond acceptors (Lipinski definition) is 6. The number of rotatable bonds is 6. The number of aryl methyl sites for hydroxylation is 2. The van der Waals surface area contributed by atoms with E-state index in [0.717, 1.165) is 22.2 Å². The highest BCUT2D eigenvalue weighted by Gasteiger charge is 2.26. The summed E-state index contributed by atoms with van der Waals surface area (Å²) in [5.41, 5.74) is 4.15. The van der Waals surface area contributed by atoms with Crippen LogP contribution in [0.4, 0.5) is 0 Å². The molecular weight excluding hydrogens is 454 g/mol. The number of pyridine rings is 1. The molecule has 1 saturated heterocycles. The van der Waals surface area contributed by atoms with Crippen LogP contribution in [0.15, 0.2) is 53.7 Å². The highest BCUT2D eigenvalue weighted by molar-refractivity contribution is 7.89. The summed E-state index contributed by atoms with van der Waals surface area (Å²) in [5.74, 6) is -0.132. The number of carbonyl (C=O) groups excluding carboxylic acids is 1. The third kappa shape index (κ3) is 4.15. The number of morpholine rings is 1. The summed E-state index contributed by atoms with van der Waals surface area (Å²) >= 11 is 0. The summed E-state index contributed by atoms with van der Waals surface area (Å²) in [7, 11) is -1.83. The molecule has 0 aliphatic carbocycles. The SMILES string of the molecule is Cc1cc(C(=O)c2c[nH]c3ncc(Cc4cccc(S(=O)(=O)N5CCOCC5)c4)cc23)n(C)n1. The van der Waals surface area contributed by atoms with Crippen LogP contribution in [-0.4, -0.2) is 64.6 Å². The molecule has 176 valence electrons. The van der Waals surface area contributed by atoms with Gasteiger partial charge in [0.1, 0.15) is 11.3 Å². The molecule has 9 nitrogen and oxygen atoms in total. The molecule has 5 rings (SSSR count). The predicted molar refractivity (Wildman–Crippen MR) is 126 cm³/mol. The molecule has 10 heteroatoms. The van der Waals surface area contributed by atoms with Crippen molar-refractivity contribution in [2.75, 3.05) is 26.3 Å². The zero-order chi connectivity index (χ0) is 23.9. The smallest absolute Gasteiger partial charge is 0.243 e. The number of H-pyrrole nitrogens is 1. The fourth-order valence-electron chi connectivity index (χ4n) is 4.28. The number of ketones is 1. The number of nitrogens with zero attached hydrogens (tertiary/aromatic N) is 4. The van der Waals surface area contributed by atoms with E-state index < -0.39 is 10.0 Å². The molecule has 4 heterocycles. The maximum atomic E-state index is 13.1. The van der Waals surface area contributed by atoms with Gasteiger partial charge in [-0.25, -0.2) is 13.4 Å². The molecule has 4 aromatic rings. The van der Waals surface area contributed by atoms with Gasteiger partial charge >= 0.3 is 0 Å². The summed E-state index contributed by atoms with van der Waals surface area (Å²) in [4.78, 5) is 21.0. The molecule has 0 bridgehead atoms. The van der Waals surface area contributed by atoms with E-state index in [-0.39, 0.29) is 10.7 Å². The molecule has 0 saturated carbocycles. The van der Waals surface area contributed by atoms with Crippen molar-refractivity contribution in [3.8, 4) is 0 Å². The van der Waals surface area contributed by atoms with Gasteiger partial charge in [-0.15, -0.1) is 0 Å². The number of sulfonamides is 1. The Morgan fingerprint density at radius 1 is 1.15 bits per heavy atom. The van der Waals surface area contributed by atoms with Gasteiger partial charge < -0.3 is 9.72 Å². The average molecular weight is 480 g/mol. The summed E-state index contributed by atoms with van der Waals surface area (Å²) in [6.07, 6.45) is 3.89. The van der Waals surface area contributed by atoms with Crippen molar-refractivity contribution < 1.29 is 17.9 Å². The van der Waals surface area contributed by atoms with Crippen LogP contribution in [-0.2, 0) is 28.2 Å². The van der Waals surface area contributed by atoms with E-state index >= 15 is 0 Å². The van der Waals surface area contributed by atoms with Gasteiger partial charge in [0, 0.05) is 37.9 Å². The number of fused-ring (bicyclic) bond motifs is 1. The Morgan fingerprint density at radius 3 is 2.68 bits per heavy atom. The highest BCUT2D eigenvalue weighted by atomic mass is 32.2. The standard InChI is InChI=1S/C24H25N5O4S/c1-16-10-22(28(2)27-16)23(30)21-15-26-24-20(21)13-18(14-25-24)11-17-4-3-5-19(12-17)34(31,32)29-6-8-33-9-7-29/h3-5,10,12-15H,6-9,11H2,1-2H3,(H,25,26). The molecule has 3 aromatic heterocycles. The summed E-state index contributed by atoms with van der Waals surface area (Å²) < 4.78 is 34.4. The normalized spacial score (nSPS) is 15.1. The molecule has 1 aliphatic rings. The zero-order valence-electron chi connectivity index (χ0n) is 19.0. The van der Waals surface area contributed by atoms with Crippen molar-refractivity contribution in [3.63, 3.8) is 0 Å². The molecule has 1 N–H and O–H groups in total. The third-order valence-electron chi connectivity index (χ3n) is 5.98. The van der Waals surface area contributed by atoms with E-state index in [2.05, 4.69) is 15.1 Å². The van der Waals surface area contributed by atoms with Crippen LogP contribution < -0.4 is 0 Å². The molecule has 34 heavy (non-hydrogen) atoms. The van der Waals surface area contributed by atoms with E-state index in [1.54, 1.807) is 48.4 Å². The number of benzene rings is 1. The Labute approximate surface area is 197 Å². The minimum absolute atomic E-state index is 0.132. The molecule has 1 aliphatic heterocycles. The molecule has 1 aromatic carbocycles. The predicted octanol–water partition coefficient (Wildman–Crippen LogP) is 2.45. The van der Waals surface area contributed by atoms with Gasteiger partial charge in [0.2, 0.25) is 15.8 Å². The lowest BCUT2D eigenvalue weighted by molar-refractivity contribution is 0.0730. The fraction of sp³-hybridized carbons (Fsp3) is 0.292. The van der Waals surface area contributed by atoms with Crippen molar-refractivity contribution in [1.82, 2.24) is 24.1 Å². The van der Waals surface area contributed by atoms with Crippen LogP contribution in [0.2, 0.25) is 0 Å². The van der Waals surface area contributed by atoms with Crippen molar-refractivity contribution in [2.24, 2.45) is 7.05 Å². The van der Waals surface area contributed by atoms with Gasteiger partial charge in [0.15, 0.2) is 0 Å². The maximum Gasteiger partial charge on any atom is 0.243 e. The minimum Gasteiger partial charge on any atom is -0.379 e. The maximum absolute atomic E-state index is 13.1. The number of carbonyl (C=O) groups is 1. The number of aromatic nitrogens is 4. The Kier molecular flexibility index (Phi) is 5.80. The van der Waals surface area contributed by atoms with Crippen molar-refractivity contribution in [3.05, 3.63) is 76.9 Å². The van der Waals surface area contributed by atoms with Crippen LogP contribution in [0.25, 0.3) is 11.0 Å². The van der Waals surface area contributed by atoms with E-state index in [1.807, 2.05) is 19.1 Å². The zero-order valence-corrected chi connectivity index (χ0v) is 19.8. The lowest BCUT2D eigenvalue weighted by atomic mass is 10.0. The lowest BCUT2D eigenvalue weighted by Gasteiger charge is -2.26. The van der Waals surface area contributed by atoms with Crippen molar-refractivity contribution in [2.45, 2.75) is 18.2 Å². The number of aromatic amines is 1. The van der Waals surface area contributed by atoms with Crippen LogP contribution in [0.5, 0.6) is 0 Å². The van der Waals surface area contributed by atoms with Gasteiger partial charge in [-0.3, -0.25) is 9.48 Å². The monoisotopic (exact) mass is 479 g/mol. The molecule has 1 fully saturated rings. The van der Waals surface area contributed by atoms with Crippen LogP contribution >= 0.6 is 0 Å².